The lowest BCUT2D eigenvalue weighted by Crippen LogP contribution is -2.21. The molecule has 1 N–H and O–H groups in total. The molecule has 1 amide bonds. The van der Waals surface area contributed by atoms with Crippen LogP contribution in [0.2, 0.25) is 0 Å². The fraction of sp³-hybridized carbons (Fsp3) is 0.231. The minimum atomic E-state index is -0.804. The molecule has 20 heavy (non-hydrogen) atoms. The highest BCUT2D eigenvalue weighted by Crippen LogP contribution is 2.17. The lowest BCUT2D eigenvalue weighted by Gasteiger charge is -2.07. The fourth-order valence-corrected chi connectivity index (χ4v) is 2.13. The van der Waals surface area contributed by atoms with Gasteiger partial charge in [0.15, 0.2) is 0 Å². The molecular formula is C13H12F2IN3O. The van der Waals surface area contributed by atoms with Gasteiger partial charge in [-0.05, 0) is 48.6 Å². The standard InChI is InChI=1S/C13H12F2IN3O/c1-7-13(16)8(2)19(18-7)6-12(20)17-11-4-3-9(14)5-10(11)15/h3-5H,6H2,1-2H3,(H,17,20). The molecule has 2 rings (SSSR count). The van der Waals surface area contributed by atoms with Crippen LogP contribution in [0.25, 0.3) is 0 Å². The normalized spacial score (nSPS) is 10.7. The summed E-state index contributed by atoms with van der Waals surface area (Å²) in [5.41, 5.74) is 1.66. The number of amides is 1. The van der Waals surface area contributed by atoms with Crippen LogP contribution >= 0.6 is 22.6 Å². The fourth-order valence-electron chi connectivity index (χ4n) is 1.75. The minimum Gasteiger partial charge on any atom is -0.322 e. The van der Waals surface area contributed by atoms with Gasteiger partial charge in [0.2, 0.25) is 5.91 Å². The van der Waals surface area contributed by atoms with E-state index in [2.05, 4.69) is 33.0 Å². The van der Waals surface area contributed by atoms with E-state index in [1.165, 1.54) is 6.07 Å². The SMILES string of the molecule is Cc1nn(CC(=O)Nc2ccc(F)cc2F)c(C)c1I. The second-order valence-corrected chi connectivity index (χ2v) is 5.39. The summed E-state index contributed by atoms with van der Waals surface area (Å²) < 4.78 is 28.7. The number of carbonyl (C=O) groups excluding carboxylic acids is 1. The number of hydrogen-bond acceptors (Lipinski definition) is 2. The van der Waals surface area contributed by atoms with Gasteiger partial charge in [-0.1, -0.05) is 0 Å². The van der Waals surface area contributed by atoms with Gasteiger partial charge in [-0.25, -0.2) is 8.78 Å². The van der Waals surface area contributed by atoms with Crippen LogP contribution in [0, 0.1) is 29.1 Å². The number of hydrogen-bond donors (Lipinski definition) is 1. The van der Waals surface area contributed by atoms with E-state index in [0.29, 0.717) is 0 Å². The van der Waals surface area contributed by atoms with Gasteiger partial charge in [0, 0.05) is 11.8 Å². The maximum atomic E-state index is 13.4. The molecule has 1 heterocycles. The average Bonchev–Trinajstić information content (AvgIpc) is 2.61. The predicted octanol–water partition coefficient (Wildman–Crippen LogP) is 3.02. The molecule has 0 spiro atoms. The van der Waals surface area contributed by atoms with E-state index in [1.807, 2.05) is 13.8 Å². The Labute approximate surface area is 128 Å². The van der Waals surface area contributed by atoms with Gasteiger partial charge >= 0.3 is 0 Å². The summed E-state index contributed by atoms with van der Waals surface area (Å²) in [4.78, 5) is 11.9. The third-order valence-electron chi connectivity index (χ3n) is 2.79. The van der Waals surface area contributed by atoms with Gasteiger partial charge in [0.25, 0.3) is 0 Å². The molecule has 7 heteroatoms. The Bertz CT molecular complexity index is 670. The van der Waals surface area contributed by atoms with Crippen LogP contribution in [0.1, 0.15) is 11.4 Å². The van der Waals surface area contributed by atoms with Gasteiger partial charge in [0.1, 0.15) is 18.2 Å². The summed E-state index contributed by atoms with van der Waals surface area (Å²) in [6.45, 7) is 3.68. The Hall–Kier alpha value is -1.51. The molecule has 106 valence electrons. The van der Waals surface area contributed by atoms with Crippen LogP contribution in [0.3, 0.4) is 0 Å². The van der Waals surface area contributed by atoms with Crippen molar-refractivity contribution in [2.75, 3.05) is 5.32 Å². The van der Waals surface area contributed by atoms with E-state index < -0.39 is 17.5 Å². The van der Waals surface area contributed by atoms with E-state index >= 15 is 0 Å². The average molecular weight is 391 g/mol. The molecule has 0 radical (unpaired) electrons. The summed E-state index contributed by atoms with van der Waals surface area (Å²) >= 11 is 2.15. The van der Waals surface area contributed by atoms with Gasteiger partial charge in [0.05, 0.1) is 15.0 Å². The quantitative estimate of drug-likeness (QED) is 0.818. The van der Waals surface area contributed by atoms with Crippen molar-refractivity contribution >= 4 is 34.2 Å². The number of nitrogens with one attached hydrogen (secondary N) is 1. The zero-order valence-electron chi connectivity index (χ0n) is 10.9. The van der Waals surface area contributed by atoms with Gasteiger partial charge in [-0.2, -0.15) is 5.10 Å². The molecule has 4 nitrogen and oxygen atoms in total. The van der Waals surface area contributed by atoms with Crippen LogP contribution in [0.4, 0.5) is 14.5 Å². The van der Waals surface area contributed by atoms with Crippen LogP contribution < -0.4 is 5.32 Å². The van der Waals surface area contributed by atoms with E-state index in [4.69, 9.17) is 0 Å². The van der Waals surface area contributed by atoms with Crippen LogP contribution in [0.15, 0.2) is 18.2 Å². The van der Waals surface area contributed by atoms with Crippen LogP contribution in [-0.2, 0) is 11.3 Å². The maximum absolute atomic E-state index is 13.4. The highest BCUT2D eigenvalue weighted by atomic mass is 127. The molecule has 0 aliphatic rings. The Morgan fingerprint density at radius 2 is 2.10 bits per heavy atom. The first-order valence-corrected chi connectivity index (χ1v) is 6.90. The second-order valence-electron chi connectivity index (χ2n) is 4.31. The van der Waals surface area contributed by atoms with Crippen molar-refractivity contribution in [3.63, 3.8) is 0 Å². The van der Waals surface area contributed by atoms with Crippen LogP contribution in [-0.4, -0.2) is 15.7 Å². The summed E-state index contributed by atoms with van der Waals surface area (Å²) in [5, 5.41) is 6.62. The van der Waals surface area contributed by atoms with E-state index in [1.54, 1.807) is 4.68 Å². The zero-order chi connectivity index (χ0) is 14.9. The topological polar surface area (TPSA) is 46.9 Å². The summed E-state index contributed by atoms with van der Waals surface area (Å²) in [7, 11) is 0. The van der Waals surface area contributed by atoms with Gasteiger partial charge in [-0.3, -0.25) is 9.48 Å². The van der Waals surface area contributed by atoms with Crippen molar-refractivity contribution in [3.05, 3.63) is 44.8 Å². The Morgan fingerprint density at radius 3 is 2.65 bits per heavy atom. The smallest absolute Gasteiger partial charge is 0.246 e. The number of aryl methyl sites for hydroxylation is 1. The summed E-state index contributed by atoms with van der Waals surface area (Å²) in [6, 6.07) is 3.00. The third-order valence-corrected chi connectivity index (χ3v) is 4.35. The number of anilines is 1. The van der Waals surface area contributed by atoms with Crippen molar-refractivity contribution in [2.45, 2.75) is 20.4 Å². The first-order valence-electron chi connectivity index (χ1n) is 5.83. The van der Waals surface area contributed by atoms with E-state index in [-0.39, 0.29) is 12.2 Å². The zero-order valence-corrected chi connectivity index (χ0v) is 13.0. The van der Waals surface area contributed by atoms with Gasteiger partial charge in [-0.15, -0.1) is 0 Å². The number of benzene rings is 1. The highest BCUT2D eigenvalue weighted by Gasteiger charge is 2.13. The second kappa shape index (κ2) is 5.86. The van der Waals surface area contributed by atoms with Crippen molar-refractivity contribution in [1.82, 2.24) is 9.78 Å². The maximum Gasteiger partial charge on any atom is 0.246 e. The van der Waals surface area contributed by atoms with Crippen molar-refractivity contribution in [1.29, 1.82) is 0 Å². The molecular weight excluding hydrogens is 379 g/mol. The molecule has 0 aliphatic heterocycles. The highest BCUT2D eigenvalue weighted by molar-refractivity contribution is 14.1. The number of carbonyl (C=O) groups is 1. The molecule has 0 aliphatic carbocycles. The molecule has 0 unspecified atom stereocenters. The number of halogens is 3. The van der Waals surface area contributed by atoms with E-state index in [9.17, 15) is 13.6 Å². The Morgan fingerprint density at radius 1 is 1.40 bits per heavy atom. The molecule has 2 aromatic rings. The summed E-state index contributed by atoms with van der Waals surface area (Å²) in [6.07, 6.45) is 0. The Kier molecular flexibility index (Phi) is 4.36. The molecule has 1 aromatic carbocycles. The molecule has 0 saturated carbocycles. The predicted molar refractivity (Wildman–Crippen MR) is 79.4 cm³/mol. The lowest BCUT2D eigenvalue weighted by atomic mass is 10.3. The monoisotopic (exact) mass is 391 g/mol. The minimum absolute atomic E-state index is 0.0213. The molecule has 0 atom stereocenters. The molecule has 1 aromatic heterocycles. The largest absolute Gasteiger partial charge is 0.322 e. The molecule has 0 fully saturated rings. The summed E-state index contributed by atoms with van der Waals surface area (Å²) in [5.74, 6) is -1.91. The van der Waals surface area contributed by atoms with Crippen molar-refractivity contribution in [3.8, 4) is 0 Å². The first kappa shape index (κ1) is 14.9. The van der Waals surface area contributed by atoms with Crippen LogP contribution in [0.5, 0.6) is 0 Å². The third kappa shape index (κ3) is 3.14. The first-order chi connectivity index (χ1) is 9.38. The van der Waals surface area contributed by atoms with E-state index in [0.717, 1.165) is 27.1 Å². The van der Waals surface area contributed by atoms with Crippen molar-refractivity contribution < 1.29 is 13.6 Å². The Balaban J connectivity index is 2.11. The van der Waals surface area contributed by atoms with Crippen molar-refractivity contribution in [2.24, 2.45) is 0 Å². The number of aromatic nitrogens is 2. The van der Waals surface area contributed by atoms with Gasteiger partial charge < -0.3 is 5.32 Å². The lowest BCUT2D eigenvalue weighted by molar-refractivity contribution is -0.117. The number of nitrogens with zero attached hydrogens (tertiary/aromatic N) is 2. The number of rotatable bonds is 3. The molecule has 0 bridgehead atoms. The molecule has 0 saturated heterocycles.